The van der Waals surface area contributed by atoms with Crippen molar-refractivity contribution in [1.29, 1.82) is 0 Å². The summed E-state index contributed by atoms with van der Waals surface area (Å²) in [6.07, 6.45) is 1.63. The highest BCUT2D eigenvalue weighted by atomic mass is 16.5. The van der Waals surface area contributed by atoms with Crippen LogP contribution in [-0.2, 0) is 0 Å². The molecule has 6 heteroatoms. The van der Waals surface area contributed by atoms with E-state index >= 15 is 0 Å². The number of methoxy groups -OCH3 is 2. The lowest BCUT2D eigenvalue weighted by Gasteiger charge is -2.08. The van der Waals surface area contributed by atoms with Crippen LogP contribution in [0.1, 0.15) is 27.8 Å². The van der Waals surface area contributed by atoms with E-state index in [1.165, 1.54) is 14.2 Å². The number of hydrogen-bond donors (Lipinski definition) is 0. The molecule has 0 unspecified atom stereocenters. The number of oxazole rings is 1. The number of hydrogen-bond acceptors (Lipinski definition) is 6. The van der Waals surface area contributed by atoms with Gasteiger partial charge in [0.2, 0.25) is 5.89 Å². The topological polar surface area (TPSA) is 74.7 Å². The first-order chi connectivity index (χ1) is 14.1. The minimum Gasteiger partial charge on any atom is -0.497 e. The van der Waals surface area contributed by atoms with Crippen molar-refractivity contribution >= 4 is 28.5 Å². The van der Waals surface area contributed by atoms with Gasteiger partial charge in [0.15, 0.2) is 11.4 Å². The Morgan fingerprint density at radius 1 is 0.966 bits per heavy atom. The summed E-state index contributed by atoms with van der Waals surface area (Å²) in [4.78, 5) is 17.9. The first kappa shape index (κ1) is 18.6. The van der Waals surface area contributed by atoms with Crippen LogP contribution in [-0.4, -0.2) is 25.0 Å². The molecule has 4 rings (SSSR count). The lowest BCUT2D eigenvalue weighted by atomic mass is 10.0. The minimum absolute atomic E-state index is 0.215. The van der Waals surface area contributed by atoms with Crippen molar-refractivity contribution in [2.45, 2.75) is 6.92 Å². The van der Waals surface area contributed by atoms with Crippen LogP contribution in [0, 0.1) is 6.92 Å². The summed E-state index contributed by atoms with van der Waals surface area (Å²) in [5.41, 5.74) is 1.92. The number of carbonyl (C=O) groups excluding carboxylic acids is 1. The Kier molecular flexibility index (Phi) is 4.91. The fraction of sp³-hybridized carbons (Fsp3) is 0.130. The summed E-state index contributed by atoms with van der Waals surface area (Å²) in [7, 11) is 3.07. The number of ether oxygens (including phenoxy) is 2. The monoisotopic (exact) mass is 389 g/mol. The number of Topliss-reactive ketones (excluding diaryl/α,β-unsaturated/α-hetero) is 1. The molecule has 4 aromatic rings. The standard InChI is InChI=1S/C23H19NO5/c1-14-8-9-16(28-14)13-19(23-24-20-6-4-5-7-21(20)29-23)22(25)15-10-17(26-2)12-18(11-15)27-3/h4-13H,1-3H3/b19-13+. The molecule has 0 radical (unpaired) electrons. The van der Waals surface area contributed by atoms with Crippen LogP contribution < -0.4 is 9.47 Å². The highest BCUT2D eigenvalue weighted by molar-refractivity contribution is 6.31. The first-order valence-corrected chi connectivity index (χ1v) is 8.99. The van der Waals surface area contributed by atoms with Crippen LogP contribution in [0.5, 0.6) is 11.5 Å². The Bertz CT molecular complexity index is 1160. The molecule has 0 fully saturated rings. The van der Waals surface area contributed by atoms with Gasteiger partial charge in [-0.05, 0) is 49.4 Å². The molecule has 0 aliphatic carbocycles. The third-order valence-electron chi connectivity index (χ3n) is 4.43. The molecule has 146 valence electrons. The molecule has 2 aromatic carbocycles. The highest BCUT2D eigenvalue weighted by Crippen LogP contribution is 2.30. The molecule has 0 saturated heterocycles. The van der Waals surface area contributed by atoms with E-state index in [1.807, 2.05) is 31.2 Å². The number of fused-ring (bicyclic) bond motifs is 1. The van der Waals surface area contributed by atoms with Crippen molar-refractivity contribution in [3.8, 4) is 11.5 Å². The third-order valence-corrected chi connectivity index (χ3v) is 4.43. The van der Waals surface area contributed by atoms with Gasteiger partial charge in [0.05, 0.1) is 19.8 Å². The van der Waals surface area contributed by atoms with Crippen LogP contribution in [0.15, 0.2) is 63.4 Å². The molecule has 2 aromatic heterocycles. The van der Waals surface area contributed by atoms with E-state index < -0.39 is 0 Å². The molecule has 0 amide bonds. The highest BCUT2D eigenvalue weighted by Gasteiger charge is 2.22. The molecule has 29 heavy (non-hydrogen) atoms. The number of benzene rings is 2. The SMILES string of the molecule is COc1cc(OC)cc(C(=O)/C(=C\c2ccc(C)o2)c2nc3ccccc3o2)c1. The fourth-order valence-corrected chi connectivity index (χ4v) is 2.98. The van der Waals surface area contributed by atoms with Gasteiger partial charge in [0.25, 0.3) is 0 Å². The normalized spacial score (nSPS) is 11.6. The summed E-state index contributed by atoms with van der Waals surface area (Å²) in [5, 5.41) is 0. The summed E-state index contributed by atoms with van der Waals surface area (Å²) in [6.45, 7) is 1.84. The Morgan fingerprint density at radius 2 is 1.69 bits per heavy atom. The summed E-state index contributed by atoms with van der Waals surface area (Å²) < 4.78 is 22.1. The number of nitrogens with zero attached hydrogens (tertiary/aromatic N) is 1. The molecule has 2 heterocycles. The lowest BCUT2D eigenvalue weighted by molar-refractivity contribution is 0.105. The average Bonchev–Trinajstić information content (AvgIpc) is 3.36. The van der Waals surface area contributed by atoms with Gasteiger partial charge in [-0.15, -0.1) is 0 Å². The maximum Gasteiger partial charge on any atom is 0.231 e. The number of allylic oxidation sites excluding steroid dienone is 1. The molecular formula is C23H19NO5. The van der Waals surface area contributed by atoms with Crippen molar-refractivity contribution in [2.24, 2.45) is 0 Å². The Labute approximate surface area is 167 Å². The molecular weight excluding hydrogens is 370 g/mol. The van der Waals surface area contributed by atoms with Crippen molar-refractivity contribution in [3.63, 3.8) is 0 Å². The predicted molar refractivity (Wildman–Crippen MR) is 109 cm³/mol. The molecule has 0 N–H and O–H groups in total. The zero-order chi connectivity index (χ0) is 20.4. The van der Waals surface area contributed by atoms with Gasteiger partial charge in [-0.1, -0.05) is 12.1 Å². The summed E-state index contributed by atoms with van der Waals surface area (Å²) >= 11 is 0. The maximum absolute atomic E-state index is 13.4. The number of aryl methyl sites for hydroxylation is 1. The third kappa shape index (κ3) is 3.78. The van der Waals surface area contributed by atoms with E-state index in [-0.39, 0.29) is 17.2 Å². The Morgan fingerprint density at radius 3 is 2.31 bits per heavy atom. The molecule has 0 spiro atoms. The first-order valence-electron chi connectivity index (χ1n) is 8.99. The van der Waals surface area contributed by atoms with E-state index in [9.17, 15) is 4.79 Å². The summed E-state index contributed by atoms with van der Waals surface area (Å²) in [5.74, 6) is 2.22. The van der Waals surface area contributed by atoms with E-state index in [2.05, 4.69) is 4.98 Å². The molecule has 6 nitrogen and oxygen atoms in total. The predicted octanol–water partition coefficient (Wildman–Crippen LogP) is 5.17. The van der Waals surface area contributed by atoms with Crippen LogP contribution in [0.25, 0.3) is 22.7 Å². The van der Waals surface area contributed by atoms with Gasteiger partial charge in [-0.25, -0.2) is 4.98 Å². The van der Waals surface area contributed by atoms with Gasteiger partial charge < -0.3 is 18.3 Å². The number of rotatable bonds is 6. The number of aromatic nitrogens is 1. The van der Waals surface area contributed by atoms with Crippen molar-refractivity contribution in [2.75, 3.05) is 14.2 Å². The number of carbonyl (C=O) groups is 1. The van der Waals surface area contributed by atoms with E-state index in [1.54, 1.807) is 36.4 Å². The summed E-state index contributed by atoms with van der Waals surface area (Å²) in [6, 6.07) is 16.0. The largest absolute Gasteiger partial charge is 0.497 e. The average molecular weight is 389 g/mol. The van der Waals surface area contributed by atoms with Crippen LogP contribution >= 0.6 is 0 Å². The van der Waals surface area contributed by atoms with Gasteiger partial charge in [0, 0.05) is 11.6 Å². The van der Waals surface area contributed by atoms with E-state index in [0.717, 1.165) is 5.76 Å². The second-order valence-corrected chi connectivity index (χ2v) is 6.42. The molecule has 0 bridgehead atoms. The van der Waals surface area contributed by atoms with E-state index in [4.69, 9.17) is 18.3 Å². The van der Waals surface area contributed by atoms with Crippen LogP contribution in [0.3, 0.4) is 0 Å². The van der Waals surface area contributed by atoms with Crippen LogP contribution in [0.2, 0.25) is 0 Å². The van der Waals surface area contributed by atoms with Gasteiger partial charge in [-0.3, -0.25) is 4.79 Å². The maximum atomic E-state index is 13.4. The Balaban J connectivity index is 1.86. The van der Waals surface area contributed by atoms with Gasteiger partial charge in [0.1, 0.15) is 28.5 Å². The van der Waals surface area contributed by atoms with Gasteiger partial charge in [-0.2, -0.15) is 0 Å². The second-order valence-electron chi connectivity index (χ2n) is 6.42. The molecule has 0 saturated carbocycles. The number of ketones is 1. The van der Waals surface area contributed by atoms with Crippen molar-refractivity contribution in [1.82, 2.24) is 4.98 Å². The van der Waals surface area contributed by atoms with Gasteiger partial charge >= 0.3 is 0 Å². The fourth-order valence-electron chi connectivity index (χ4n) is 2.98. The number of para-hydroxylation sites is 2. The lowest BCUT2D eigenvalue weighted by Crippen LogP contribution is -2.04. The minimum atomic E-state index is -0.289. The Hall–Kier alpha value is -3.80. The molecule has 0 aliphatic heterocycles. The molecule has 0 atom stereocenters. The van der Waals surface area contributed by atoms with Crippen molar-refractivity contribution in [3.05, 3.63) is 77.6 Å². The zero-order valence-electron chi connectivity index (χ0n) is 16.3. The molecule has 0 aliphatic rings. The second kappa shape index (κ2) is 7.67. The zero-order valence-corrected chi connectivity index (χ0v) is 16.3. The number of furan rings is 1. The smallest absolute Gasteiger partial charge is 0.231 e. The van der Waals surface area contributed by atoms with Crippen molar-refractivity contribution < 1.29 is 23.1 Å². The quantitative estimate of drug-likeness (QED) is 0.334. The van der Waals surface area contributed by atoms with Crippen LogP contribution in [0.4, 0.5) is 0 Å². The van der Waals surface area contributed by atoms with E-state index in [0.29, 0.717) is 33.9 Å².